The molecule has 0 aliphatic heterocycles. The van der Waals surface area contributed by atoms with Crippen molar-refractivity contribution in [3.05, 3.63) is 113 Å². The molecule has 7 nitrogen and oxygen atoms in total. The summed E-state index contributed by atoms with van der Waals surface area (Å²) in [5, 5.41) is 14.5. The van der Waals surface area contributed by atoms with Crippen LogP contribution in [0, 0.1) is 18.6 Å². The van der Waals surface area contributed by atoms with E-state index in [2.05, 4.69) is 32.4 Å². The molecule has 1 N–H and O–H groups in total. The smallest absolute Gasteiger partial charge is 0.205 e. The predicted molar refractivity (Wildman–Crippen MR) is 154 cm³/mol. The second-order valence-electron chi connectivity index (χ2n) is 10.0. The average Bonchev–Trinajstić information content (AvgIpc) is 3.50. The van der Waals surface area contributed by atoms with E-state index in [1.807, 2.05) is 43.3 Å². The summed E-state index contributed by atoms with van der Waals surface area (Å²) in [6.45, 7) is 5.10. The lowest BCUT2D eigenvalue weighted by atomic mass is 9.98. The Morgan fingerprint density at radius 3 is 2.39 bits per heavy atom. The van der Waals surface area contributed by atoms with E-state index < -0.39 is 0 Å². The first-order valence-corrected chi connectivity index (χ1v) is 13.5. The number of aryl methyl sites for hydroxylation is 1. The number of carbonyl (C=O) groups is 1. The Balaban J connectivity index is 1.54. The molecule has 0 fully saturated rings. The van der Waals surface area contributed by atoms with E-state index in [4.69, 9.17) is 4.98 Å². The standard InChI is InChI=1S/C32H30F2N6O/c1-3-14-40(20-22-9-12-25(33)13-10-22)31-18-23(16-26(41)19-24-11-8-21(2)15-29(24)34)17-30(35-31)27-6-4-5-7-28(27)32-36-38-39-37-32/h4-13,15,17-18H,3,14,16,19-20H2,1-2H3,(H,36,37,38,39). The molecule has 9 heteroatoms. The molecule has 0 atom stereocenters. The summed E-state index contributed by atoms with van der Waals surface area (Å²) in [6, 6.07) is 22.7. The number of hydrogen-bond acceptors (Lipinski definition) is 6. The van der Waals surface area contributed by atoms with Crippen molar-refractivity contribution in [2.24, 2.45) is 0 Å². The van der Waals surface area contributed by atoms with Crippen molar-refractivity contribution in [3.8, 4) is 22.6 Å². The molecule has 41 heavy (non-hydrogen) atoms. The topological polar surface area (TPSA) is 87.7 Å². The van der Waals surface area contributed by atoms with Crippen LogP contribution < -0.4 is 4.90 Å². The van der Waals surface area contributed by atoms with Gasteiger partial charge in [0, 0.05) is 37.1 Å². The van der Waals surface area contributed by atoms with Gasteiger partial charge in [0.05, 0.1) is 5.69 Å². The molecule has 2 heterocycles. The van der Waals surface area contributed by atoms with Crippen molar-refractivity contribution < 1.29 is 13.6 Å². The van der Waals surface area contributed by atoms with Gasteiger partial charge in [0.2, 0.25) is 5.82 Å². The van der Waals surface area contributed by atoms with Crippen LogP contribution in [-0.2, 0) is 24.2 Å². The van der Waals surface area contributed by atoms with Crippen LogP contribution in [0.15, 0.2) is 78.9 Å². The minimum Gasteiger partial charge on any atom is -0.352 e. The van der Waals surface area contributed by atoms with E-state index in [9.17, 15) is 13.6 Å². The molecule has 0 amide bonds. The van der Waals surface area contributed by atoms with Crippen LogP contribution in [0.4, 0.5) is 14.6 Å². The zero-order valence-electron chi connectivity index (χ0n) is 22.9. The number of tetrazole rings is 1. The third-order valence-electron chi connectivity index (χ3n) is 6.76. The maximum atomic E-state index is 14.5. The van der Waals surface area contributed by atoms with Crippen molar-refractivity contribution in [3.63, 3.8) is 0 Å². The van der Waals surface area contributed by atoms with Crippen LogP contribution in [0.3, 0.4) is 0 Å². The molecule has 5 rings (SSSR count). The van der Waals surface area contributed by atoms with Crippen LogP contribution in [0.5, 0.6) is 0 Å². The number of ketones is 1. The number of H-pyrrole nitrogens is 1. The van der Waals surface area contributed by atoms with Gasteiger partial charge < -0.3 is 4.90 Å². The lowest BCUT2D eigenvalue weighted by Crippen LogP contribution is -2.25. The highest BCUT2D eigenvalue weighted by Gasteiger charge is 2.18. The molecular weight excluding hydrogens is 522 g/mol. The van der Waals surface area contributed by atoms with Gasteiger partial charge in [-0.05, 0) is 71.1 Å². The minimum atomic E-state index is -0.378. The number of anilines is 1. The maximum absolute atomic E-state index is 14.5. The molecule has 3 aromatic carbocycles. The normalized spacial score (nSPS) is 11.0. The van der Waals surface area contributed by atoms with Gasteiger partial charge in [0.15, 0.2) is 0 Å². The quantitative estimate of drug-likeness (QED) is 0.207. The fraction of sp³-hybridized carbons (Fsp3) is 0.219. The molecule has 208 valence electrons. The van der Waals surface area contributed by atoms with Crippen LogP contribution in [0.25, 0.3) is 22.6 Å². The number of nitrogens with zero attached hydrogens (tertiary/aromatic N) is 5. The lowest BCUT2D eigenvalue weighted by Gasteiger charge is -2.25. The van der Waals surface area contributed by atoms with E-state index in [1.165, 1.54) is 18.2 Å². The third kappa shape index (κ3) is 6.87. The molecule has 0 bridgehead atoms. The Morgan fingerprint density at radius 2 is 1.68 bits per heavy atom. The van der Waals surface area contributed by atoms with E-state index in [0.717, 1.165) is 34.2 Å². The summed E-state index contributed by atoms with van der Waals surface area (Å²) in [5.41, 5.74) is 5.04. The number of carbonyl (C=O) groups excluding carboxylic acids is 1. The van der Waals surface area contributed by atoms with E-state index >= 15 is 0 Å². The summed E-state index contributed by atoms with van der Waals surface area (Å²) in [5.74, 6) is 0.331. The Morgan fingerprint density at radius 1 is 0.902 bits per heavy atom. The molecular formula is C32H30F2N6O. The molecule has 0 radical (unpaired) electrons. The zero-order valence-corrected chi connectivity index (χ0v) is 22.9. The summed E-state index contributed by atoms with van der Waals surface area (Å²) in [4.78, 5) is 20.3. The van der Waals surface area contributed by atoms with Gasteiger partial charge in [-0.2, -0.15) is 5.21 Å². The van der Waals surface area contributed by atoms with E-state index in [-0.39, 0.29) is 30.3 Å². The van der Waals surface area contributed by atoms with Gasteiger partial charge in [-0.1, -0.05) is 55.5 Å². The van der Waals surface area contributed by atoms with Crippen LogP contribution in [-0.4, -0.2) is 37.9 Å². The monoisotopic (exact) mass is 552 g/mol. The van der Waals surface area contributed by atoms with Crippen molar-refractivity contribution in [1.29, 1.82) is 0 Å². The first kappa shape index (κ1) is 27.8. The van der Waals surface area contributed by atoms with Gasteiger partial charge in [0.25, 0.3) is 0 Å². The summed E-state index contributed by atoms with van der Waals surface area (Å²) in [7, 11) is 0. The number of nitrogens with one attached hydrogen (secondary N) is 1. The van der Waals surface area contributed by atoms with Gasteiger partial charge in [-0.25, -0.2) is 13.8 Å². The molecule has 0 aliphatic rings. The number of rotatable bonds is 11. The van der Waals surface area contributed by atoms with Crippen LogP contribution in [0.1, 0.15) is 35.6 Å². The Labute approximate surface area is 237 Å². The summed E-state index contributed by atoms with van der Waals surface area (Å²) < 4.78 is 28.1. The highest BCUT2D eigenvalue weighted by Crippen LogP contribution is 2.31. The largest absolute Gasteiger partial charge is 0.352 e. The molecule has 0 saturated heterocycles. The zero-order chi connectivity index (χ0) is 28.8. The van der Waals surface area contributed by atoms with Crippen LogP contribution in [0.2, 0.25) is 0 Å². The van der Waals surface area contributed by atoms with Crippen molar-refractivity contribution >= 4 is 11.6 Å². The molecule has 0 aliphatic carbocycles. The highest BCUT2D eigenvalue weighted by molar-refractivity contribution is 5.85. The number of aromatic nitrogens is 5. The second kappa shape index (κ2) is 12.6. The number of pyridine rings is 1. The van der Waals surface area contributed by atoms with E-state index in [0.29, 0.717) is 36.0 Å². The average molecular weight is 553 g/mol. The summed E-state index contributed by atoms with van der Waals surface area (Å²) in [6.07, 6.45) is 0.955. The maximum Gasteiger partial charge on any atom is 0.205 e. The minimum absolute atomic E-state index is 0.00714. The highest BCUT2D eigenvalue weighted by atomic mass is 19.1. The first-order valence-electron chi connectivity index (χ1n) is 13.5. The Hall–Kier alpha value is -4.79. The molecule has 5 aromatic rings. The van der Waals surface area contributed by atoms with Gasteiger partial charge in [-0.3, -0.25) is 4.79 Å². The number of hydrogen-bond donors (Lipinski definition) is 1. The van der Waals surface area contributed by atoms with Crippen molar-refractivity contribution in [2.75, 3.05) is 11.4 Å². The Bertz CT molecular complexity index is 1640. The number of benzene rings is 3. The van der Waals surface area contributed by atoms with Crippen molar-refractivity contribution in [1.82, 2.24) is 25.6 Å². The number of Topliss-reactive ketones (excluding diaryl/α,β-unsaturated/α-hetero) is 1. The van der Waals surface area contributed by atoms with Gasteiger partial charge >= 0.3 is 0 Å². The Kier molecular flexibility index (Phi) is 8.53. The van der Waals surface area contributed by atoms with Gasteiger partial charge in [-0.15, -0.1) is 10.2 Å². The second-order valence-corrected chi connectivity index (χ2v) is 10.0. The van der Waals surface area contributed by atoms with E-state index in [1.54, 1.807) is 24.3 Å². The predicted octanol–water partition coefficient (Wildman–Crippen LogP) is 6.29. The van der Waals surface area contributed by atoms with Gasteiger partial charge in [0.1, 0.15) is 23.2 Å². The first-order chi connectivity index (χ1) is 19.9. The molecule has 2 aromatic heterocycles. The third-order valence-corrected chi connectivity index (χ3v) is 6.76. The molecule has 0 saturated carbocycles. The van der Waals surface area contributed by atoms with Crippen LogP contribution >= 0.6 is 0 Å². The SMILES string of the molecule is CCCN(Cc1ccc(F)cc1)c1cc(CC(=O)Cc2ccc(C)cc2F)cc(-c2ccccc2-c2nn[nH]n2)n1. The lowest BCUT2D eigenvalue weighted by molar-refractivity contribution is -0.117. The molecule has 0 spiro atoms. The number of halogens is 2. The summed E-state index contributed by atoms with van der Waals surface area (Å²) >= 11 is 0. The fourth-order valence-corrected chi connectivity index (χ4v) is 4.80. The molecule has 0 unspecified atom stereocenters. The number of aromatic amines is 1. The fourth-order valence-electron chi connectivity index (χ4n) is 4.80. The van der Waals surface area contributed by atoms with Crippen molar-refractivity contribution in [2.45, 2.75) is 39.7 Å².